The van der Waals surface area contributed by atoms with Crippen molar-refractivity contribution in [1.29, 1.82) is 0 Å². The number of anilines is 1. The van der Waals surface area contributed by atoms with E-state index in [-0.39, 0.29) is 12.5 Å². The Kier molecular flexibility index (Phi) is 3.98. The molecule has 1 saturated heterocycles. The Hall–Kier alpha value is -2.15. The molecule has 0 aliphatic carbocycles. The van der Waals surface area contributed by atoms with Crippen molar-refractivity contribution in [2.75, 3.05) is 11.7 Å². The van der Waals surface area contributed by atoms with Crippen LogP contribution in [0.4, 0.5) is 10.1 Å². The van der Waals surface area contributed by atoms with E-state index in [1.54, 1.807) is 41.4 Å². The molecule has 22 heavy (non-hydrogen) atoms. The first-order valence-corrected chi connectivity index (χ1v) is 6.90. The molecule has 7 heteroatoms. The quantitative estimate of drug-likeness (QED) is 0.883. The predicted octanol–water partition coefficient (Wildman–Crippen LogP) is 2.79. The van der Waals surface area contributed by atoms with E-state index in [4.69, 9.17) is 22.2 Å². The molecule has 1 fully saturated rings. The van der Waals surface area contributed by atoms with E-state index in [1.165, 1.54) is 16.7 Å². The number of halogens is 2. The number of rotatable bonds is 3. The molecular weight excluding hydrogens is 309 g/mol. The number of benzene rings is 2. The zero-order valence-electron chi connectivity index (χ0n) is 11.4. The van der Waals surface area contributed by atoms with E-state index in [0.29, 0.717) is 16.8 Å². The molecule has 0 radical (unpaired) electrons. The molecular formula is C15H13ClFN3O2. The van der Waals surface area contributed by atoms with Crippen LogP contribution in [0.15, 0.2) is 48.5 Å². The number of nitrogens with zero attached hydrogens (tertiary/aromatic N) is 2. The summed E-state index contributed by atoms with van der Waals surface area (Å²) in [5, 5.41) is 1.63. The van der Waals surface area contributed by atoms with Crippen molar-refractivity contribution >= 4 is 23.4 Å². The minimum atomic E-state index is -0.619. The number of amides is 1. The summed E-state index contributed by atoms with van der Waals surface area (Å²) in [7, 11) is 0. The highest BCUT2D eigenvalue weighted by Crippen LogP contribution is 2.37. The average molecular weight is 322 g/mol. The average Bonchev–Trinajstić information content (AvgIpc) is 2.90. The molecule has 0 saturated carbocycles. The van der Waals surface area contributed by atoms with E-state index in [1.807, 2.05) is 0 Å². The molecule has 114 valence electrons. The summed E-state index contributed by atoms with van der Waals surface area (Å²) in [6, 6.07) is 12.7. The number of carbonyl (C=O) groups is 1. The standard InChI is InChI=1S/C15H13ClFN3O2/c16-19-9-22-15(13-4-2-1-3-12(13)14(18)21)20(19)11-7-5-10(17)6-8-11/h1-8,15H,9H2,(H2,18,21). The van der Waals surface area contributed by atoms with Crippen molar-refractivity contribution in [1.82, 2.24) is 4.53 Å². The number of hydrazine groups is 1. The lowest BCUT2D eigenvalue weighted by Crippen LogP contribution is -2.32. The van der Waals surface area contributed by atoms with E-state index in [2.05, 4.69) is 0 Å². The number of hydrogen-bond acceptors (Lipinski definition) is 4. The highest BCUT2D eigenvalue weighted by molar-refractivity contribution is 6.14. The van der Waals surface area contributed by atoms with Crippen molar-refractivity contribution in [3.8, 4) is 0 Å². The first kappa shape index (κ1) is 14.8. The Morgan fingerprint density at radius 3 is 2.59 bits per heavy atom. The molecule has 1 amide bonds. The van der Waals surface area contributed by atoms with Crippen molar-refractivity contribution in [2.45, 2.75) is 6.23 Å². The SMILES string of the molecule is NC(=O)c1ccccc1C1OCN(Cl)N1c1ccc(F)cc1. The third-order valence-corrected chi connectivity index (χ3v) is 3.64. The van der Waals surface area contributed by atoms with Gasteiger partial charge in [-0.2, -0.15) is 0 Å². The monoisotopic (exact) mass is 321 g/mol. The lowest BCUT2D eigenvalue weighted by Gasteiger charge is -2.28. The van der Waals surface area contributed by atoms with Crippen LogP contribution in [-0.4, -0.2) is 17.2 Å². The van der Waals surface area contributed by atoms with Gasteiger partial charge in [-0.3, -0.25) is 9.80 Å². The molecule has 5 nitrogen and oxygen atoms in total. The lowest BCUT2D eigenvalue weighted by molar-refractivity contribution is 0.0946. The van der Waals surface area contributed by atoms with Crippen LogP contribution in [0.5, 0.6) is 0 Å². The summed E-state index contributed by atoms with van der Waals surface area (Å²) in [5.74, 6) is -0.898. The van der Waals surface area contributed by atoms with E-state index in [0.717, 1.165) is 0 Å². The van der Waals surface area contributed by atoms with Gasteiger partial charge in [0.2, 0.25) is 5.91 Å². The first-order chi connectivity index (χ1) is 10.6. The largest absolute Gasteiger partial charge is 0.366 e. The molecule has 2 aromatic carbocycles. The van der Waals surface area contributed by atoms with Crippen LogP contribution in [0.2, 0.25) is 0 Å². The van der Waals surface area contributed by atoms with Crippen molar-refractivity contribution in [3.05, 3.63) is 65.5 Å². The van der Waals surface area contributed by atoms with Crippen LogP contribution in [0.25, 0.3) is 0 Å². The summed E-state index contributed by atoms with van der Waals surface area (Å²) < 4.78 is 20.1. The summed E-state index contributed by atoms with van der Waals surface area (Å²) in [6.45, 7) is 0.122. The number of ether oxygens (including phenoxy) is 1. The fourth-order valence-corrected chi connectivity index (χ4v) is 2.61. The van der Waals surface area contributed by atoms with Gasteiger partial charge in [0.25, 0.3) is 0 Å². The molecule has 1 atom stereocenters. The summed E-state index contributed by atoms with van der Waals surface area (Å²) in [6.07, 6.45) is -0.619. The van der Waals surface area contributed by atoms with Crippen LogP contribution >= 0.6 is 11.8 Å². The van der Waals surface area contributed by atoms with Gasteiger partial charge in [0.1, 0.15) is 12.5 Å². The van der Waals surface area contributed by atoms with Gasteiger partial charge in [0.05, 0.1) is 5.69 Å². The Labute approximate surface area is 131 Å². The molecule has 2 aromatic rings. The van der Waals surface area contributed by atoms with Gasteiger partial charge in [-0.25, -0.2) is 4.39 Å². The molecule has 2 N–H and O–H groups in total. The maximum Gasteiger partial charge on any atom is 0.249 e. The molecule has 1 unspecified atom stereocenters. The highest BCUT2D eigenvalue weighted by Gasteiger charge is 2.35. The maximum atomic E-state index is 13.1. The topological polar surface area (TPSA) is 58.8 Å². The van der Waals surface area contributed by atoms with Crippen LogP contribution < -0.4 is 10.7 Å². The third kappa shape index (κ3) is 2.64. The first-order valence-electron chi connectivity index (χ1n) is 6.56. The number of hydrogen-bond donors (Lipinski definition) is 1. The highest BCUT2D eigenvalue weighted by atomic mass is 35.5. The van der Waals surface area contributed by atoms with Crippen LogP contribution in [0.3, 0.4) is 0 Å². The zero-order chi connectivity index (χ0) is 15.7. The zero-order valence-corrected chi connectivity index (χ0v) is 12.2. The van der Waals surface area contributed by atoms with Gasteiger partial charge in [-0.05, 0) is 30.3 Å². The summed E-state index contributed by atoms with van der Waals surface area (Å²) in [4.78, 5) is 11.6. The van der Waals surface area contributed by atoms with E-state index < -0.39 is 12.1 Å². The summed E-state index contributed by atoms with van der Waals surface area (Å²) >= 11 is 6.15. The molecule has 1 aliphatic rings. The van der Waals surface area contributed by atoms with Gasteiger partial charge in [-0.15, -0.1) is 4.53 Å². The van der Waals surface area contributed by atoms with Crippen LogP contribution in [0, 0.1) is 5.82 Å². The van der Waals surface area contributed by atoms with E-state index in [9.17, 15) is 9.18 Å². The second-order valence-electron chi connectivity index (χ2n) is 4.76. The van der Waals surface area contributed by atoms with Crippen molar-refractivity contribution < 1.29 is 13.9 Å². The normalized spacial score (nSPS) is 18.6. The van der Waals surface area contributed by atoms with Gasteiger partial charge in [0, 0.05) is 22.9 Å². The van der Waals surface area contributed by atoms with Crippen LogP contribution in [-0.2, 0) is 4.74 Å². The Bertz CT molecular complexity index is 695. The van der Waals surface area contributed by atoms with Gasteiger partial charge in [0.15, 0.2) is 6.23 Å². The van der Waals surface area contributed by atoms with Gasteiger partial charge >= 0.3 is 0 Å². The molecule has 0 aromatic heterocycles. The Morgan fingerprint density at radius 1 is 1.23 bits per heavy atom. The van der Waals surface area contributed by atoms with Crippen LogP contribution in [0.1, 0.15) is 22.1 Å². The minimum absolute atomic E-state index is 0.122. The second-order valence-corrected chi connectivity index (χ2v) is 5.15. The second kappa shape index (κ2) is 5.92. The smallest absolute Gasteiger partial charge is 0.249 e. The van der Waals surface area contributed by atoms with Crippen molar-refractivity contribution in [2.24, 2.45) is 5.73 Å². The molecule has 1 heterocycles. The fourth-order valence-electron chi connectivity index (χ4n) is 2.39. The number of carbonyl (C=O) groups excluding carboxylic acids is 1. The Balaban J connectivity index is 2.03. The van der Waals surface area contributed by atoms with Crippen molar-refractivity contribution in [3.63, 3.8) is 0 Å². The minimum Gasteiger partial charge on any atom is -0.366 e. The fraction of sp³-hybridized carbons (Fsp3) is 0.133. The number of nitrogens with two attached hydrogens (primary N) is 1. The summed E-state index contributed by atoms with van der Waals surface area (Å²) in [5.41, 5.74) is 7.00. The Morgan fingerprint density at radius 2 is 1.91 bits per heavy atom. The van der Waals surface area contributed by atoms with Gasteiger partial charge in [-0.1, -0.05) is 18.2 Å². The molecule has 1 aliphatic heterocycles. The number of primary amides is 1. The third-order valence-electron chi connectivity index (χ3n) is 3.38. The molecule has 3 rings (SSSR count). The lowest BCUT2D eigenvalue weighted by atomic mass is 10.1. The molecule has 0 bridgehead atoms. The molecule has 0 spiro atoms. The predicted molar refractivity (Wildman–Crippen MR) is 80.2 cm³/mol. The van der Waals surface area contributed by atoms with E-state index >= 15 is 0 Å². The van der Waals surface area contributed by atoms with Gasteiger partial charge < -0.3 is 10.5 Å². The maximum absolute atomic E-state index is 13.1.